The van der Waals surface area contributed by atoms with Crippen LogP contribution in [0, 0.1) is 6.92 Å². The van der Waals surface area contributed by atoms with Crippen LogP contribution in [0.2, 0.25) is 10.0 Å². The maximum atomic E-state index is 12.1. The lowest BCUT2D eigenvalue weighted by Crippen LogP contribution is -2.41. The van der Waals surface area contributed by atoms with Gasteiger partial charge in [0, 0.05) is 0 Å². The topological polar surface area (TPSA) is 88.4 Å². The smallest absolute Gasteiger partial charge is 0.269 e. The number of carbonyl (C=O) groups excluding carboxylic acids is 1. The quantitative estimate of drug-likeness (QED) is 0.831. The van der Waals surface area contributed by atoms with E-state index in [-0.39, 0.29) is 20.5 Å². The highest BCUT2D eigenvalue weighted by Crippen LogP contribution is 2.28. The SMILES string of the molecule is Cc1occc1C(=O)NNS(=O)(=O)c1cccc(Cl)c1Cl. The molecule has 21 heavy (non-hydrogen) atoms. The van der Waals surface area contributed by atoms with Crippen molar-refractivity contribution in [2.45, 2.75) is 11.8 Å². The number of hydrogen-bond acceptors (Lipinski definition) is 4. The Kier molecular flexibility index (Phi) is 4.58. The summed E-state index contributed by atoms with van der Waals surface area (Å²) in [6, 6.07) is 5.58. The Bertz CT molecular complexity index is 786. The van der Waals surface area contributed by atoms with E-state index >= 15 is 0 Å². The third-order valence-electron chi connectivity index (χ3n) is 2.61. The van der Waals surface area contributed by atoms with Crippen molar-refractivity contribution in [1.82, 2.24) is 10.3 Å². The van der Waals surface area contributed by atoms with Gasteiger partial charge in [-0.15, -0.1) is 4.83 Å². The predicted octanol–water partition coefficient (Wildman–Crippen LogP) is 2.52. The Morgan fingerprint density at radius 2 is 1.95 bits per heavy atom. The van der Waals surface area contributed by atoms with Crippen molar-refractivity contribution in [1.29, 1.82) is 0 Å². The molecule has 0 unspecified atom stereocenters. The molecule has 2 rings (SSSR count). The minimum absolute atomic E-state index is 0.0940. The Hall–Kier alpha value is -1.54. The number of amides is 1. The molecular weight excluding hydrogens is 339 g/mol. The summed E-state index contributed by atoms with van der Waals surface area (Å²) in [4.78, 5) is 13.5. The molecule has 9 heteroatoms. The van der Waals surface area contributed by atoms with Gasteiger partial charge < -0.3 is 4.42 Å². The maximum absolute atomic E-state index is 12.1. The molecule has 0 atom stereocenters. The van der Waals surface area contributed by atoms with Gasteiger partial charge in [-0.25, -0.2) is 8.42 Å². The molecular formula is C12H10Cl2N2O4S. The van der Waals surface area contributed by atoms with Crippen LogP contribution in [-0.4, -0.2) is 14.3 Å². The van der Waals surface area contributed by atoms with E-state index in [2.05, 4.69) is 5.43 Å². The number of sulfonamides is 1. The van der Waals surface area contributed by atoms with E-state index in [9.17, 15) is 13.2 Å². The molecule has 1 aromatic carbocycles. The van der Waals surface area contributed by atoms with Gasteiger partial charge >= 0.3 is 0 Å². The number of aryl methyl sites for hydroxylation is 1. The fourth-order valence-electron chi connectivity index (χ4n) is 1.55. The first kappa shape index (κ1) is 15.8. The summed E-state index contributed by atoms with van der Waals surface area (Å²) in [6.45, 7) is 1.58. The van der Waals surface area contributed by atoms with E-state index in [1.807, 2.05) is 4.83 Å². The van der Waals surface area contributed by atoms with E-state index < -0.39 is 15.9 Å². The molecule has 6 nitrogen and oxygen atoms in total. The van der Waals surface area contributed by atoms with Gasteiger partial charge in [0.05, 0.1) is 21.9 Å². The Morgan fingerprint density at radius 1 is 1.24 bits per heavy atom. The summed E-state index contributed by atoms with van der Waals surface area (Å²) in [5.74, 6) is -0.282. The van der Waals surface area contributed by atoms with Gasteiger partial charge in [-0.2, -0.15) is 0 Å². The molecule has 2 aromatic rings. The zero-order valence-corrected chi connectivity index (χ0v) is 13.0. The fraction of sp³-hybridized carbons (Fsp3) is 0.0833. The van der Waals surface area contributed by atoms with E-state index in [0.717, 1.165) is 0 Å². The maximum Gasteiger partial charge on any atom is 0.269 e. The van der Waals surface area contributed by atoms with Gasteiger partial charge in [0.1, 0.15) is 10.7 Å². The Labute approximate surface area is 131 Å². The van der Waals surface area contributed by atoms with Gasteiger partial charge in [0.2, 0.25) is 0 Å². The average molecular weight is 349 g/mol. The Morgan fingerprint density at radius 3 is 2.57 bits per heavy atom. The third kappa shape index (κ3) is 3.38. The van der Waals surface area contributed by atoms with Gasteiger partial charge in [-0.3, -0.25) is 10.2 Å². The monoisotopic (exact) mass is 348 g/mol. The second-order valence-corrected chi connectivity index (χ2v) is 6.44. The number of rotatable bonds is 4. The van der Waals surface area contributed by atoms with Crippen molar-refractivity contribution in [3.05, 3.63) is 51.9 Å². The molecule has 1 amide bonds. The van der Waals surface area contributed by atoms with Crippen LogP contribution in [0.1, 0.15) is 16.1 Å². The molecule has 1 aromatic heterocycles. The van der Waals surface area contributed by atoms with Crippen molar-refractivity contribution < 1.29 is 17.6 Å². The van der Waals surface area contributed by atoms with Crippen LogP contribution in [0.5, 0.6) is 0 Å². The normalized spacial score (nSPS) is 11.4. The summed E-state index contributed by atoms with van der Waals surface area (Å²) in [7, 11) is -4.04. The number of nitrogens with one attached hydrogen (secondary N) is 2. The minimum atomic E-state index is -4.04. The number of benzene rings is 1. The molecule has 2 N–H and O–H groups in total. The van der Waals surface area contributed by atoms with E-state index in [0.29, 0.717) is 5.76 Å². The minimum Gasteiger partial charge on any atom is -0.469 e. The molecule has 112 valence electrons. The predicted molar refractivity (Wildman–Crippen MR) is 77.7 cm³/mol. The largest absolute Gasteiger partial charge is 0.469 e. The van der Waals surface area contributed by atoms with Crippen molar-refractivity contribution in [2.75, 3.05) is 0 Å². The van der Waals surface area contributed by atoms with Crippen LogP contribution in [0.4, 0.5) is 0 Å². The summed E-state index contributed by atoms with van der Waals surface area (Å²) in [5, 5.41) is -0.0306. The fourth-order valence-corrected chi connectivity index (χ4v) is 3.15. The molecule has 0 spiro atoms. The zero-order chi connectivity index (χ0) is 15.6. The number of halogens is 2. The van der Waals surface area contributed by atoms with Crippen LogP contribution in [0.15, 0.2) is 39.8 Å². The van der Waals surface area contributed by atoms with Crippen LogP contribution in [-0.2, 0) is 10.0 Å². The first-order valence-corrected chi connectivity index (χ1v) is 7.87. The molecule has 0 aliphatic heterocycles. The highest BCUT2D eigenvalue weighted by Gasteiger charge is 2.21. The van der Waals surface area contributed by atoms with E-state index in [4.69, 9.17) is 27.6 Å². The molecule has 0 aliphatic rings. The van der Waals surface area contributed by atoms with Gasteiger partial charge in [0.15, 0.2) is 0 Å². The average Bonchev–Trinajstić information content (AvgIpc) is 2.85. The first-order chi connectivity index (χ1) is 9.83. The highest BCUT2D eigenvalue weighted by atomic mass is 35.5. The number of furan rings is 1. The summed E-state index contributed by atoms with van der Waals surface area (Å²) >= 11 is 11.6. The van der Waals surface area contributed by atoms with E-state index in [1.54, 1.807) is 6.92 Å². The lowest BCUT2D eigenvalue weighted by atomic mass is 10.2. The molecule has 0 saturated carbocycles. The molecule has 0 aliphatic carbocycles. The zero-order valence-electron chi connectivity index (χ0n) is 10.7. The molecule has 0 fully saturated rings. The molecule has 0 bridgehead atoms. The Balaban J connectivity index is 2.17. The first-order valence-electron chi connectivity index (χ1n) is 5.63. The van der Waals surface area contributed by atoms with Crippen LogP contribution >= 0.6 is 23.2 Å². The van der Waals surface area contributed by atoms with Crippen LogP contribution in [0.3, 0.4) is 0 Å². The van der Waals surface area contributed by atoms with Gasteiger partial charge in [-0.1, -0.05) is 29.3 Å². The van der Waals surface area contributed by atoms with Crippen LogP contribution < -0.4 is 10.3 Å². The highest BCUT2D eigenvalue weighted by molar-refractivity contribution is 7.89. The summed E-state index contributed by atoms with van der Waals surface area (Å²) in [6.07, 6.45) is 1.33. The van der Waals surface area contributed by atoms with Crippen molar-refractivity contribution in [3.63, 3.8) is 0 Å². The summed E-state index contributed by atoms with van der Waals surface area (Å²) in [5.41, 5.74) is 2.29. The standard InChI is InChI=1S/C12H10Cl2N2O4S/c1-7-8(5-6-20-7)12(17)15-16-21(18,19)10-4-2-3-9(13)11(10)14/h2-6,16H,1H3,(H,15,17). The second kappa shape index (κ2) is 6.07. The third-order valence-corrected chi connectivity index (χ3v) is 4.83. The van der Waals surface area contributed by atoms with Crippen LogP contribution in [0.25, 0.3) is 0 Å². The van der Waals surface area contributed by atoms with E-state index in [1.165, 1.54) is 30.5 Å². The second-order valence-electron chi connectivity index (χ2n) is 4.00. The van der Waals surface area contributed by atoms with Gasteiger partial charge in [-0.05, 0) is 25.1 Å². The summed E-state index contributed by atoms with van der Waals surface area (Å²) < 4.78 is 29.1. The van der Waals surface area contributed by atoms with Crippen molar-refractivity contribution in [3.8, 4) is 0 Å². The number of carbonyl (C=O) groups is 1. The molecule has 0 radical (unpaired) electrons. The lowest BCUT2D eigenvalue weighted by Gasteiger charge is -2.10. The number of hydrazine groups is 1. The molecule has 0 saturated heterocycles. The number of hydrogen-bond donors (Lipinski definition) is 2. The van der Waals surface area contributed by atoms with Crippen molar-refractivity contribution >= 4 is 39.1 Å². The molecule has 1 heterocycles. The lowest BCUT2D eigenvalue weighted by molar-refractivity contribution is 0.0943. The van der Waals surface area contributed by atoms with Gasteiger partial charge in [0.25, 0.3) is 15.9 Å². The van der Waals surface area contributed by atoms with Crippen molar-refractivity contribution in [2.24, 2.45) is 0 Å².